The summed E-state index contributed by atoms with van der Waals surface area (Å²) < 4.78 is 11.2. The lowest BCUT2D eigenvalue weighted by molar-refractivity contribution is 0.229. The number of hydrogen-bond acceptors (Lipinski definition) is 4. The molecule has 4 heteroatoms. The van der Waals surface area contributed by atoms with Gasteiger partial charge in [-0.25, -0.2) is 0 Å². The van der Waals surface area contributed by atoms with Crippen LogP contribution in [0.15, 0.2) is 42.5 Å². The van der Waals surface area contributed by atoms with Crippen molar-refractivity contribution in [2.75, 3.05) is 19.9 Å². The van der Waals surface area contributed by atoms with Gasteiger partial charge in [0.2, 0.25) is 0 Å². The first kappa shape index (κ1) is 20.8. The van der Waals surface area contributed by atoms with Crippen LogP contribution >= 0.6 is 0 Å². The number of anilines is 1. The minimum absolute atomic E-state index is 0.117. The Balaban J connectivity index is 0.00000151. The monoisotopic (exact) mass is 344 g/mol. The van der Waals surface area contributed by atoms with Crippen LogP contribution in [-0.4, -0.2) is 25.2 Å². The van der Waals surface area contributed by atoms with E-state index in [0.29, 0.717) is 0 Å². The molecule has 0 saturated carbocycles. The van der Waals surface area contributed by atoms with Crippen molar-refractivity contribution < 1.29 is 9.47 Å². The molecule has 2 N–H and O–H groups in total. The molecular formula is C21H32N2O2. The summed E-state index contributed by atoms with van der Waals surface area (Å²) in [5.41, 5.74) is 8.96. The van der Waals surface area contributed by atoms with Crippen LogP contribution in [0.4, 0.5) is 5.69 Å². The molecule has 0 atom stereocenters. The molecule has 0 aromatic heterocycles. The molecule has 0 amide bonds. The van der Waals surface area contributed by atoms with Gasteiger partial charge in [-0.05, 0) is 56.3 Å². The van der Waals surface area contributed by atoms with Gasteiger partial charge in [0.05, 0.1) is 13.2 Å². The molecule has 2 rings (SSSR count). The average Bonchev–Trinajstić information content (AvgIpc) is 2.58. The summed E-state index contributed by atoms with van der Waals surface area (Å²) in [5.74, 6) is 1.56. The summed E-state index contributed by atoms with van der Waals surface area (Å²) in [4.78, 5) is 2.26. The van der Waals surface area contributed by atoms with Crippen molar-refractivity contribution in [1.29, 1.82) is 0 Å². The van der Waals surface area contributed by atoms with E-state index in [1.165, 1.54) is 11.1 Å². The number of nitrogens with zero attached hydrogens (tertiary/aromatic N) is 1. The lowest BCUT2D eigenvalue weighted by Gasteiger charge is -2.19. The Morgan fingerprint density at radius 3 is 2.04 bits per heavy atom. The fourth-order valence-electron chi connectivity index (χ4n) is 2.47. The van der Waals surface area contributed by atoms with E-state index in [1.54, 1.807) is 7.11 Å². The summed E-state index contributed by atoms with van der Waals surface area (Å²) in [6.07, 6.45) is 0.117. The number of nitrogens with two attached hydrogens (primary N) is 1. The third-order valence-corrected chi connectivity index (χ3v) is 3.48. The zero-order valence-corrected chi connectivity index (χ0v) is 16.4. The van der Waals surface area contributed by atoms with Crippen molar-refractivity contribution in [3.05, 3.63) is 53.6 Å². The Labute approximate surface area is 152 Å². The summed E-state index contributed by atoms with van der Waals surface area (Å²) >= 11 is 0. The number of benzene rings is 2. The Hall–Kier alpha value is -2.20. The van der Waals surface area contributed by atoms with Gasteiger partial charge in [-0.15, -0.1) is 0 Å². The van der Waals surface area contributed by atoms with Gasteiger partial charge < -0.3 is 15.2 Å². The van der Waals surface area contributed by atoms with Crippen LogP contribution in [0.1, 0.15) is 38.8 Å². The van der Waals surface area contributed by atoms with E-state index >= 15 is 0 Å². The number of hydrogen-bond donors (Lipinski definition) is 1. The molecule has 0 aliphatic heterocycles. The second kappa shape index (κ2) is 10.6. The predicted molar refractivity (Wildman–Crippen MR) is 106 cm³/mol. The highest BCUT2D eigenvalue weighted by Crippen LogP contribution is 2.29. The Morgan fingerprint density at radius 2 is 1.48 bits per heavy atom. The molecule has 25 heavy (non-hydrogen) atoms. The first-order valence-corrected chi connectivity index (χ1v) is 8.84. The lowest BCUT2D eigenvalue weighted by Crippen LogP contribution is -2.17. The molecule has 0 bridgehead atoms. The number of rotatable bonds is 7. The van der Waals surface area contributed by atoms with Crippen LogP contribution in [0.25, 0.3) is 0 Å². The van der Waals surface area contributed by atoms with Gasteiger partial charge in [-0.3, -0.25) is 4.90 Å². The smallest absolute Gasteiger partial charge is 0.161 e. The summed E-state index contributed by atoms with van der Waals surface area (Å²) in [6, 6.07) is 14.1. The normalized spacial score (nSPS) is 10.4. The van der Waals surface area contributed by atoms with Crippen molar-refractivity contribution in [2.24, 2.45) is 0 Å². The molecule has 2 aromatic rings. The quantitative estimate of drug-likeness (QED) is 0.738. The van der Waals surface area contributed by atoms with E-state index in [-0.39, 0.29) is 6.10 Å². The van der Waals surface area contributed by atoms with E-state index in [0.717, 1.165) is 30.3 Å². The molecule has 0 saturated heterocycles. The van der Waals surface area contributed by atoms with Crippen LogP contribution in [0.5, 0.6) is 11.5 Å². The summed E-state index contributed by atoms with van der Waals surface area (Å²) in [7, 11) is 3.76. The van der Waals surface area contributed by atoms with Crippen LogP contribution in [0.2, 0.25) is 0 Å². The Bertz CT molecular complexity index is 624. The van der Waals surface area contributed by atoms with Crippen LogP contribution in [0.3, 0.4) is 0 Å². The lowest BCUT2D eigenvalue weighted by atomic mass is 10.1. The van der Waals surface area contributed by atoms with Gasteiger partial charge in [0.15, 0.2) is 11.5 Å². The third-order valence-electron chi connectivity index (χ3n) is 3.48. The summed E-state index contributed by atoms with van der Waals surface area (Å²) in [6.45, 7) is 9.73. The van der Waals surface area contributed by atoms with E-state index < -0.39 is 0 Å². The molecule has 0 aliphatic carbocycles. The second-order valence-electron chi connectivity index (χ2n) is 6.07. The van der Waals surface area contributed by atoms with Crippen molar-refractivity contribution in [3.63, 3.8) is 0 Å². The number of ether oxygens (including phenoxy) is 2. The highest BCUT2D eigenvalue weighted by molar-refractivity contribution is 5.43. The molecule has 2 aromatic carbocycles. The standard InChI is InChI=1S/C19H26N2O2.C2H6/c1-14(2)23-19-11-16(7-10-18(19)22-4)13-21(3)12-15-5-8-17(20)9-6-15;1-2/h5-11,14H,12-13,20H2,1-4H3;1-2H3. The largest absolute Gasteiger partial charge is 0.493 e. The molecule has 0 spiro atoms. The Morgan fingerprint density at radius 1 is 0.920 bits per heavy atom. The van der Waals surface area contributed by atoms with E-state index in [1.807, 2.05) is 45.9 Å². The fraction of sp³-hybridized carbons (Fsp3) is 0.429. The molecule has 0 heterocycles. The minimum Gasteiger partial charge on any atom is -0.493 e. The van der Waals surface area contributed by atoms with Gasteiger partial charge in [-0.1, -0.05) is 32.0 Å². The fourth-order valence-corrected chi connectivity index (χ4v) is 2.47. The minimum atomic E-state index is 0.117. The Kier molecular flexibility index (Phi) is 8.86. The average molecular weight is 344 g/mol. The van der Waals surface area contributed by atoms with E-state index in [4.69, 9.17) is 15.2 Å². The highest BCUT2D eigenvalue weighted by atomic mass is 16.5. The predicted octanol–water partition coefficient (Wildman–Crippen LogP) is 4.72. The second-order valence-corrected chi connectivity index (χ2v) is 6.07. The zero-order chi connectivity index (χ0) is 18.8. The van der Waals surface area contributed by atoms with Crippen molar-refractivity contribution in [1.82, 2.24) is 4.90 Å². The topological polar surface area (TPSA) is 47.7 Å². The van der Waals surface area contributed by atoms with Gasteiger partial charge >= 0.3 is 0 Å². The maximum absolute atomic E-state index is 5.83. The van der Waals surface area contributed by atoms with Crippen molar-refractivity contribution >= 4 is 5.69 Å². The van der Waals surface area contributed by atoms with Gasteiger partial charge in [-0.2, -0.15) is 0 Å². The highest BCUT2D eigenvalue weighted by Gasteiger charge is 2.09. The van der Waals surface area contributed by atoms with Crippen molar-refractivity contribution in [3.8, 4) is 11.5 Å². The molecule has 0 radical (unpaired) electrons. The van der Waals surface area contributed by atoms with E-state index in [9.17, 15) is 0 Å². The van der Waals surface area contributed by atoms with Gasteiger partial charge in [0.1, 0.15) is 0 Å². The van der Waals surface area contributed by atoms with Gasteiger partial charge in [0.25, 0.3) is 0 Å². The van der Waals surface area contributed by atoms with Gasteiger partial charge in [0, 0.05) is 18.8 Å². The molecule has 0 aliphatic rings. The first-order chi connectivity index (χ1) is 12.0. The van der Waals surface area contributed by atoms with Crippen LogP contribution < -0.4 is 15.2 Å². The number of methoxy groups -OCH3 is 1. The summed E-state index contributed by atoms with van der Waals surface area (Å²) in [5, 5.41) is 0. The van der Waals surface area contributed by atoms with Crippen LogP contribution in [-0.2, 0) is 13.1 Å². The first-order valence-electron chi connectivity index (χ1n) is 8.84. The van der Waals surface area contributed by atoms with Crippen LogP contribution in [0, 0.1) is 0 Å². The van der Waals surface area contributed by atoms with Crippen molar-refractivity contribution in [2.45, 2.75) is 46.9 Å². The maximum atomic E-state index is 5.83. The zero-order valence-electron chi connectivity index (χ0n) is 16.4. The maximum Gasteiger partial charge on any atom is 0.161 e. The third kappa shape index (κ3) is 7.06. The molecule has 4 nitrogen and oxygen atoms in total. The number of nitrogen functional groups attached to an aromatic ring is 1. The molecule has 138 valence electrons. The van der Waals surface area contributed by atoms with E-state index in [2.05, 4.69) is 36.2 Å². The molecule has 0 fully saturated rings. The molecule has 0 unspecified atom stereocenters. The molecular weight excluding hydrogens is 312 g/mol. The SMILES string of the molecule is CC.COc1ccc(CN(C)Cc2ccc(N)cc2)cc1OC(C)C.